The summed E-state index contributed by atoms with van der Waals surface area (Å²) in [5.74, 6) is 0. The van der Waals surface area contributed by atoms with Gasteiger partial charge in [0.2, 0.25) is 0 Å². The highest BCUT2D eigenvalue weighted by Gasteiger charge is 2.30. The van der Waals surface area contributed by atoms with Crippen molar-refractivity contribution in [1.82, 2.24) is 9.13 Å². The number of thiophene rings is 1. The summed E-state index contributed by atoms with van der Waals surface area (Å²) in [6.07, 6.45) is 0. The summed E-state index contributed by atoms with van der Waals surface area (Å²) < 4.78 is 7.58. The maximum Gasteiger partial charge on any atom is 0.0783 e. The van der Waals surface area contributed by atoms with E-state index in [0.29, 0.717) is 0 Å². The molecule has 0 aliphatic carbocycles. The first-order valence-electron chi connectivity index (χ1n) is 15.7. The van der Waals surface area contributed by atoms with E-state index in [1.165, 1.54) is 86.5 Å². The summed E-state index contributed by atoms with van der Waals surface area (Å²) in [5, 5.41) is 7.76. The predicted octanol–water partition coefficient (Wildman–Crippen LogP) is 12.0. The third-order valence-corrected chi connectivity index (χ3v) is 10.9. The zero-order valence-electron chi connectivity index (χ0n) is 24.7. The molecule has 46 heavy (non-hydrogen) atoms. The lowest BCUT2D eigenvalue weighted by Crippen LogP contribution is -2.18. The molecule has 1 aliphatic heterocycles. The normalized spacial score (nSPS) is 12.7. The lowest BCUT2D eigenvalue weighted by atomic mass is 10.1. The maximum absolute atomic E-state index is 2.53. The predicted molar refractivity (Wildman–Crippen MR) is 196 cm³/mol. The summed E-state index contributed by atoms with van der Waals surface area (Å²) in [5.41, 5.74) is 10.9. The number of aromatic nitrogens is 2. The molecule has 3 aromatic heterocycles. The minimum absolute atomic E-state index is 1.16. The molecule has 4 heterocycles. The highest BCUT2D eigenvalue weighted by atomic mass is 32.1. The fourth-order valence-corrected chi connectivity index (χ4v) is 9.08. The molecular weight excluding hydrogens is 579 g/mol. The van der Waals surface area contributed by atoms with Gasteiger partial charge in [-0.2, -0.15) is 0 Å². The molecule has 0 radical (unpaired) electrons. The van der Waals surface area contributed by atoms with Gasteiger partial charge in [0, 0.05) is 53.1 Å². The van der Waals surface area contributed by atoms with Gasteiger partial charge in [-0.05, 0) is 66.7 Å². The fourth-order valence-electron chi connectivity index (χ4n) is 7.97. The lowest BCUT2D eigenvalue weighted by Gasteiger charge is -2.33. The zero-order valence-corrected chi connectivity index (χ0v) is 25.5. The molecule has 3 nitrogen and oxygen atoms in total. The molecule has 0 spiro atoms. The molecule has 0 unspecified atom stereocenters. The van der Waals surface area contributed by atoms with E-state index < -0.39 is 0 Å². The Labute approximate surface area is 268 Å². The van der Waals surface area contributed by atoms with Crippen LogP contribution in [0.4, 0.5) is 17.1 Å². The number of anilines is 3. The van der Waals surface area contributed by atoms with Gasteiger partial charge >= 0.3 is 0 Å². The molecule has 214 valence electrons. The van der Waals surface area contributed by atoms with Crippen molar-refractivity contribution in [2.24, 2.45) is 0 Å². The highest BCUT2D eigenvalue weighted by Crippen LogP contribution is 2.52. The molecule has 0 N–H and O–H groups in total. The first-order valence-corrected chi connectivity index (χ1v) is 16.5. The van der Waals surface area contributed by atoms with Crippen molar-refractivity contribution in [3.63, 3.8) is 0 Å². The molecule has 7 aromatic carbocycles. The van der Waals surface area contributed by atoms with Gasteiger partial charge in [-0.25, -0.2) is 0 Å². The average Bonchev–Trinajstić information content (AvgIpc) is 3.77. The largest absolute Gasteiger partial charge is 0.309 e. The number of rotatable bonds is 2. The summed E-state index contributed by atoms with van der Waals surface area (Å²) in [4.78, 5) is 2.47. The molecular formula is C42H25N3S. The van der Waals surface area contributed by atoms with E-state index >= 15 is 0 Å². The van der Waals surface area contributed by atoms with E-state index in [9.17, 15) is 0 Å². The second-order valence-corrected chi connectivity index (χ2v) is 13.2. The maximum atomic E-state index is 2.53. The molecule has 10 aromatic rings. The minimum atomic E-state index is 1.16. The van der Waals surface area contributed by atoms with E-state index in [-0.39, 0.29) is 0 Å². The number of para-hydroxylation sites is 5. The van der Waals surface area contributed by atoms with Crippen molar-refractivity contribution in [3.8, 4) is 11.4 Å². The average molecular weight is 604 g/mol. The summed E-state index contributed by atoms with van der Waals surface area (Å²) in [7, 11) is 0. The second-order valence-electron chi connectivity index (χ2n) is 12.2. The van der Waals surface area contributed by atoms with E-state index in [1.54, 1.807) is 0 Å². The SMILES string of the molecule is c1ccc(-n2c3ccccc3c3cc(N4c5ccccc5-n5c6c4cccc6c4ccc6sc7ccccc7c6c45)ccc32)cc1. The number of nitrogens with zero attached hydrogens (tertiary/aromatic N) is 3. The summed E-state index contributed by atoms with van der Waals surface area (Å²) in [6, 6.07) is 55.6. The monoisotopic (exact) mass is 603 g/mol. The molecule has 0 saturated heterocycles. The van der Waals surface area contributed by atoms with Gasteiger partial charge in [0.25, 0.3) is 0 Å². The van der Waals surface area contributed by atoms with Crippen LogP contribution < -0.4 is 4.90 Å². The summed E-state index contributed by atoms with van der Waals surface area (Å²) in [6.45, 7) is 0. The van der Waals surface area contributed by atoms with Crippen LogP contribution in [-0.2, 0) is 0 Å². The van der Waals surface area contributed by atoms with Crippen LogP contribution in [0.3, 0.4) is 0 Å². The van der Waals surface area contributed by atoms with Crippen molar-refractivity contribution in [2.75, 3.05) is 4.90 Å². The van der Waals surface area contributed by atoms with Crippen LogP contribution in [0.5, 0.6) is 0 Å². The van der Waals surface area contributed by atoms with Crippen molar-refractivity contribution >= 4 is 92.2 Å². The van der Waals surface area contributed by atoms with Crippen LogP contribution in [-0.4, -0.2) is 9.13 Å². The second kappa shape index (κ2) is 8.87. The topological polar surface area (TPSA) is 13.1 Å². The van der Waals surface area contributed by atoms with Gasteiger partial charge in [0.1, 0.15) is 0 Å². The van der Waals surface area contributed by atoms with Crippen LogP contribution in [0.2, 0.25) is 0 Å². The molecule has 0 fully saturated rings. The van der Waals surface area contributed by atoms with Crippen LogP contribution in [0, 0.1) is 0 Å². The van der Waals surface area contributed by atoms with Gasteiger partial charge in [0.15, 0.2) is 0 Å². The quantitative estimate of drug-likeness (QED) is 0.192. The van der Waals surface area contributed by atoms with Crippen molar-refractivity contribution in [3.05, 3.63) is 152 Å². The van der Waals surface area contributed by atoms with Gasteiger partial charge in [-0.1, -0.05) is 84.9 Å². The smallest absolute Gasteiger partial charge is 0.0783 e. The molecule has 4 heteroatoms. The summed E-state index contributed by atoms with van der Waals surface area (Å²) >= 11 is 1.88. The number of fused-ring (bicyclic) bond motifs is 12. The Morgan fingerprint density at radius 3 is 1.98 bits per heavy atom. The first-order chi connectivity index (χ1) is 22.8. The van der Waals surface area contributed by atoms with Crippen molar-refractivity contribution in [1.29, 1.82) is 0 Å². The Balaban J connectivity index is 1.24. The first kappa shape index (κ1) is 24.5. The number of hydrogen-bond donors (Lipinski definition) is 0. The van der Waals surface area contributed by atoms with Crippen molar-refractivity contribution in [2.45, 2.75) is 0 Å². The van der Waals surface area contributed by atoms with Gasteiger partial charge < -0.3 is 14.0 Å². The van der Waals surface area contributed by atoms with Crippen LogP contribution in [0.15, 0.2) is 152 Å². The fraction of sp³-hybridized carbons (Fsp3) is 0. The van der Waals surface area contributed by atoms with Gasteiger partial charge in [-0.3, -0.25) is 0 Å². The lowest BCUT2D eigenvalue weighted by molar-refractivity contribution is 1.12. The molecule has 0 bridgehead atoms. The highest BCUT2D eigenvalue weighted by molar-refractivity contribution is 7.26. The van der Waals surface area contributed by atoms with Crippen LogP contribution >= 0.6 is 11.3 Å². The minimum Gasteiger partial charge on any atom is -0.309 e. The molecule has 1 aliphatic rings. The Morgan fingerprint density at radius 2 is 1.07 bits per heavy atom. The Hall–Kier alpha value is -5.84. The molecule has 0 amide bonds. The van der Waals surface area contributed by atoms with E-state index in [4.69, 9.17) is 0 Å². The van der Waals surface area contributed by atoms with E-state index in [2.05, 4.69) is 166 Å². The van der Waals surface area contributed by atoms with Crippen LogP contribution in [0.1, 0.15) is 0 Å². The van der Waals surface area contributed by atoms with E-state index in [0.717, 1.165) is 5.69 Å². The molecule has 0 saturated carbocycles. The standard InChI is InChI=1S/C42H25N3S/c1-2-11-26(12-3-1)43-33-16-6-4-13-28(33)32-25-27(21-23-34(32)43)44-35-17-7-8-18-36(35)45-41-29(15-10-19-37(41)44)30-22-24-39-40(42(30)45)31-14-5-9-20-38(31)46-39/h1-25H. The zero-order chi connectivity index (χ0) is 29.9. The van der Waals surface area contributed by atoms with E-state index in [1.807, 2.05) is 11.3 Å². The third kappa shape index (κ3) is 3.06. The van der Waals surface area contributed by atoms with Gasteiger partial charge in [0.05, 0.1) is 39.1 Å². The molecule has 0 atom stereocenters. The number of benzene rings is 7. The van der Waals surface area contributed by atoms with Gasteiger partial charge in [-0.15, -0.1) is 11.3 Å². The Morgan fingerprint density at radius 1 is 0.370 bits per heavy atom. The van der Waals surface area contributed by atoms with Crippen LogP contribution in [0.25, 0.3) is 75.2 Å². The molecule has 11 rings (SSSR count). The Bertz CT molecular complexity index is 2870. The third-order valence-electron chi connectivity index (χ3n) is 9.80. The van der Waals surface area contributed by atoms with Crippen molar-refractivity contribution < 1.29 is 0 Å². The number of hydrogen-bond acceptors (Lipinski definition) is 2. The Kier molecular flexibility index (Phi) is 4.72.